The van der Waals surface area contributed by atoms with Gasteiger partial charge < -0.3 is 15.0 Å². The summed E-state index contributed by atoms with van der Waals surface area (Å²) in [6, 6.07) is 0. The quantitative estimate of drug-likeness (QED) is 0.792. The molecule has 1 atom stereocenters. The summed E-state index contributed by atoms with van der Waals surface area (Å²) in [5.41, 5.74) is 0. The van der Waals surface area contributed by atoms with Crippen LogP contribution >= 0.6 is 12.4 Å². The van der Waals surface area contributed by atoms with Crippen LogP contribution in [0.15, 0.2) is 0 Å². The second kappa shape index (κ2) is 6.42. The summed E-state index contributed by atoms with van der Waals surface area (Å²) in [6.45, 7) is 4.27. The van der Waals surface area contributed by atoms with Gasteiger partial charge in [-0.05, 0) is 18.8 Å². The van der Waals surface area contributed by atoms with Gasteiger partial charge in [-0.15, -0.1) is 12.4 Å². The first-order chi connectivity index (χ1) is 7.27. The van der Waals surface area contributed by atoms with Gasteiger partial charge in [-0.25, -0.2) is 0 Å². The molecular formula is C11H21ClN2O2. The number of amides is 1. The molecule has 4 nitrogen and oxygen atoms in total. The van der Waals surface area contributed by atoms with Crippen LogP contribution < -0.4 is 5.32 Å². The van der Waals surface area contributed by atoms with Crippen molar-refractivity contribution in [1.82, 2.24) is 10.2 Å². The van der Waals surface area contributed by atoms with E-state index in [2.05, 4.69) is 5.32 Å². The van der Waals surface area contributed by atoms with Crippen molar-refractivity contribution in [3.63, 3.8) is 0 Å². The first-order valence-corrected chi connectivity index (χ1v) is 5.81. The molecule has 2 rings (SSSR count). The second-order valence-electron chi connectivity index (χ2n) is 4.66. The maximum atomic E-state index is 11.8. The Morgan fingerprint density at radius 1 is 1.50 bits per heavy atom. The summed E-state index contributed by atoms with van der Waals surface area (Å²) in [6.07, 6.45) is 2.33. The zero-order chi connectivity index (χ0) is 10.7. The summed E-state index contributed by atoms with van der Waals surface area (Å²) in [5.74, 6) is 1.06. The van der Waals surface area contributed by atoms with Crippen molar-refractivity contribution >= 4 is 18.3 Å². The largest absolute Gasteiger partial charge is 0.381 e. The van der Waals surface area contributed by atoms with Crippen LogP contribution in [0.1, 0.15) is 12.8 Å². The van der Waals surface area contributed by atoms with Crippen LogP contribution in [-0.4, -0.2) is 50.7 Å². The van der Waals surface area contributed by atoms with E-state index in [0.717, 1.165) is 39.3 Å². The number of carbonyl (C=O) groups is 1. The molecule has 2 aliphatic rings. The van der Waals surface area contributed by atoms with Gasteiger partial charge in [0.1, 0.15) is 0 Å². The maximum absolute atomic E-state index is 11.8. The lowest BCUT2D eigenvalue weighted by Crippen LogP contribution is -2.52. The molecule has 0 aromatic rings. The molecule has 1 amide bonds. The molecule has 0 spiro atoms. The monoisotopic (exact) mass is 248 g/mol. The second-order valence-corrected chi connectivity index (χ2v) is 4.66. The number of carbonyl (C=O) groups excluding carboxylic acids is 1. The van der Waals surface area contributed by atoms with E-state index in [-0.39, 0.29) is 18.3 Å². The molecule has 0 bridgehead atoms. The van der Waals surface area contributed by atoms with Crippen LogP contribution in [-0.2, 0) is 9.53 Å². The highest BCUT2D eigenvalue weighted by molar-refractivity contribution is 5.85. The Hall–Kier alpha value is -0.320. The van der Waals surface area contributed by atoms with Crippen molar-refractivity contribution < 1.29 is 9.53 Å². The third-order valence-corrected chi connectivity index (χ3v) is 3.29. The molecular weight excluding hydrogens is 228 g/mol. The van der Waals surface area contributed by atoms with Gasteiger partial charge in [-0.3, -0.25) is 4.79 Å². The lowest BCUT2D eigenvalue weighted by Gasteiger charge is -2.33. The SMILES string of the molecule is CN(CC1CCCOC1)C(=O)C1CNC1.Cl. The molecule has 16 heavy (non-hydrogen) atoms. The summed E-state index contributed by atoms with van der Waals surface area (Å²) >= 11 is 0. The van der Waals surface area contributed by atoms with Crippen molar-refractivity contribution in [1.29, 1.82) is 0 Å². The topological polar surface area (TPSA) is 41.6 Å². The molecule has 2 heterocycles. The summed E-state index contributed by atoms with van der Waals surface area (Å²) in [4.78, 5) is 13.7. The number of rotatable bonds is 3. The Bertz CT molecular complexity index is 228. The van der Waals surface area contributed by atoms with Gasteiger partial charge in [-0.2, -0.15) is 0 Å². The van der Waals surface area contributed by atoms with E-state index in [1.807, 2.05) is 11.9 Å². The summed E-state index contributed by atoms with van der Waals surface area (Å²) in [7, 11) is 1.91. The lowest BCUT2D eigenvalue weighted by atomic mass is 9.99. The van der Waals surface area contributed by atoms with Crippen LogP contribution in [0, 0.1) is 11.8 Å². The Morgan fingerprint density at radius 2 is 2.25 bits per heavy atom. The molecule has 0 aliphatic carbocycles. The number of ether oxygens (including phenoxy) is 1. The highest BCUT2D eigenvalue weighted by Crippen LogP contribution is 2.16. The fourth-order valence-electron chi connectivity index (χ4n) is 2.20. The van der Waals surface area contributed by atoms with Crippen LogP contribution in [0.25, 0.3) is 0 Å². The Kier molecular flexibility index (Phi) is 5.52. The van der Waals surface area contributed by atoms with Gasteiger partial charge in [0.15, 0.2) is 0 Å². The van der Waals surface area contributed by atoms with E-state index < -0.39 is 0 Å². The first kappa shape index (κ1) is 13.7. The van der Waals surface area contributed by atoms with E-state index in [1.54, 1.807) is 0 Å². The van der Waals surface area contributed by atoms with Gasteiger partial charge in [-0.1, -0.05) is 0 Å². The standard InChI is InChI=1S/C11H20N2O2.ClH/c1-13(11(14)10-5-12-6-10)7-9-3-2-4-15-8-9;/h9-10,12H,2-8H2,1H3;1H. The average molecular weight is 249 g/mol. The van der Waals surface area contributed by atoms with Crippen molar-refractivity contribution in [2.45, 2.75) is 12.8 Å². The number of nitrogens with zero attached hydrogens (tertiary/aromatic N) is 1. The third-order valence-electron chi connectivity index (χ3n) is 3.29. The van der Waals surface area contributed by atoms with Crippen LogP contribution in [0.5, 0.6) is 0 Å². The fourth-order valence-corrected chi connectivity index (χ4v) is 2.20. The molecule has 1 N–H and O–H groups in total. The average Bonchev–Trinajstić information content (AvgIpc) is 2.16. The fraction of sp³-hybridized carbons (Fsp3) is 0.909. The minimum Gasteiger partial charge on any atom is -0.381 e. The molecule has 5 heteroatoms. The summed E-state index contributed by atoms with van der Waals surface area (Å²) < 4.78 is 5.41. The van der Waals surface area contributed by atoms with Crippen molar-refractivity contribution in [2.24, 2.45) is 11.8 Å². The van der Waals surface area contributed by atoms with E-state index in [1.165, 1.54) is 6.42 Å². The Morgan fingerprint density at radius 3 is 2.75 bits per heavy atom. The molecule has 2 saturated heterocycles. The Balaban J connectivity index is 0.00000128. The lowest BCUT2D eigenvalue weighted by molar-refractivity contribution is -0.136. The molecule has 0 saturated carbocycles. The highest BCUT2D eigenvalue weighted by Gasteiger charge is 2.28. The first-order valence-electron chi connectivity index (χ1n) is 5.81. The molecule has 0 aromatic carbocycles. The number of halogens is 1. The molecule has 0 radical (unpaired) electrons. The molecule has 94 valence electrons. The molecule has 2 fully saturated rings. The van der Waals surface area contributed by atoms with Crippen LogP contribution in [0.3, 0.4) is 0 Å². The smallest absolute Gasteiger partial charge is 0.228 e. The number of hydrogen-bond acceptors (Lipinski definition) is 3. The third kappa shape index (κ3) is 3.34. The predicted molar refractivity (Wildman–Crippen MR) is 64.8 cm³/mol. The summed E-state index contributed by atoms with van der Waals surface area (Å²) in [5, 5.41) is 3.13. The van der Waals surface area contributed by atoms with E-state index in [0.29, 0.717) is 11.8 Å². The van der Waals surface area contributed by atoms with Gasteiger partial charge >= 0.3 is 0 Å². The van der Waals surface area contributed by atoms with Gasteiger partial charge in [0, 0.05) is 33.3 Å². The van der Waals surface area contributed by atoms with Gasteiger partial charge in [0.25, 0.3) is 0 Å². The Labute approximate surface area is 103 Å². The molecule has 0 aromatic heterocycles. The van der Waals surface area contributed by atoms with Crippen LogP contribution in [0.2, 0.25) is 0 Å². The zero-order valence-electron chi connectivity index (χ0n) is 9.78. The minimum atomic E-state index is 0. The normalized spacial score (nSPS) is 25.4. The van der Waals surface area contributed by atoms with E-state index >= 15 is 0 Å². The number of nitrogens with one attached hydrogen (secondary N) is 1. The maximum Gasteiger partial charge on any atom is 0.228 e. The molecule has 1 unspecified atom stereocenters. The van der Waals surface area contributed by atoms with Crippen molar-refractivity contribution in [3.8, 4) is 0 Å². The highest BCUT2D eigenvalue weighted by atomic mass is 35.5. The molecule has 2 aliphatic heterocycles. The van der Waals surface area contributed by atoms with E-state index in [4.69, 9.17) is 4.74 Å². The van der Waals surface area contributed by atoms with Gasteiger partial charge in [0.05, 0.1) is 12.5 Å². The van der Waals surface area contributed by atoms with Crippen molar-refractivity contribution in [3.05, 3.63) is 0 Å². The van der Waals surface area contributed by atoms with E-state index in [9.17, 15) is 4.79 Å². The van der Waals surface area contributed by atoms with Crippen LogP contribution in [0.4, 0.5) is 0 Å². The van der Waals surface area contributed by atoms with Crippen molar-refractivity contribution in [2.75, 3.05) is 39.9 Å². The minimum absolute atomic E-state index is 0. The number of hydrogen-bond donors (Lipinski definition) is 1. The van der Waals surface area contributed by atoms with Gasteiger partial charge in [0.2, 0.25) is 5.91 Å². The zero-order valence-corrected chi connectivity index (χ0v) is 10.6. The predicted octanol–water partition coefficient (Wildman–Crippen LogP) is 0.513.